The van der Waals surface area contributed by atoms with Crippen molar-refractivity contribution in [2.45, 2.75) is 26.2 Å². The third-order valence-corrected chi connectivity index (χ3v) is 6.14. The van der Waals surface area contributed by atoms with Crippen LogP contribution in [-0.4, -0.2) is 24.2 Å². The third-order valence-electron chi connectivity index (χ3n) is 4.99. The lowest BCUT2D eigenvalue weighted by Crippen LogP contribution is -2.13. The van der Waals surface area contributed by atoms with Crippen molar-refractivity contribution in [1.29, 1.82) is 0 Å². The summed E-state index contributed by atoms with van der Waals surface area (Å²) in [6, 6.07) is 5.63. The molecule has 4 rings (SSSR count). The third kappa shape index (κ3) is 3.49. The molecule has 0 bridgehead atoms. The fraction of sp³-hybridized carbons (Fsp3) is 0.333. The number of rotatable bonds is 4. The number of H-pyrrole nitrogens is 1. The molecule has 0 aliphatic heterocycles. The van der Waals surface area contributed by atoms with Crippen LogP contribution in [0.25, 0.3) is 22.4 Å². The van der Waals surface area contributed by atoms with Crippen LogP contribution in [0.4, 0.5) is 0 Å². The molecule has 0 saturated heterocycles. The van der Waals surface area contributed by atoms with E-state index in [2.05, 4.69) is 16.9 Å². The molecule has 0 saturated carbocycles. The minimum atomic E-state index is -0.0464. The van der Waals surface area contributed by atoms with Crippen molar-refractivity contribution in [3.8, 4) is 11.5 Å². The van der Waals surface area contributed by atoms with Crippen LogP contribution in [0.5, 0.6) is 11.5 Å². The second-order valence-electron chi connectivity index (χ2n) is 6.96. The van der Waals surface area contributed by atoms with Gasteiger partial charge in [-0.25, -0.2) is 4.98 Å². The highest BCUT2D eigenvalue weighted by molar-refractivity contribution is 7.18. The van der Waals surface area contributed by atoms with Gasteiger partial charge in [0.2, 0.25) is 0 Å². The molecule has 3 aromatic rings. The fourth-order valence-electron chi connectivity index (χ4n) is 3.55. The first-order valence-electron chi connectivity index (χ1n) is 9.03. The largest absolute Gasteiger partial charge is 0.497 e. The van der Waals surface area contributed by atoms with Crippen molar-refractivity contribution >= 4 is 33.7 Å². The van der Waals surface area contributed by atoms with Crippen LogP contribution < -0.4 is 15.0 Å². The van der Waals surface area contributed by atoms with Crippen LogP contribution >= 0.6 is 11.3 Å². The number of fused-ring (bicyclic) bond motifs is 3. The first kappa shape index (κ1) is 17.8. The molecule has 0 unspecified atom stereocenters. The van der Waals surface area contributed by atoms with Gasteiger partial charge in [0.05, 0.1) is 19.6 Å². The SMILES string of the molecule is COc1cc(/C=C/c2nc3sc4c(c3c(=O)[nH]2)CC[C@H](C)C4)cc(OC)c1. The Bertz CT molecular complexity index is 1060. The molecule has 2 heterocycles. The lowest BCUT2D eigenvalue weighted by molar-refractivity contribution is 0.394. The number of aromatic amines is 1. The van der Waals surface area contributed by atoms with E-state index in [1.54, 1.807) is 25.6 Å². The molecule has 0 spiro atoms. The summed E-state index contributed by atoms with van der Waals surface area (Å²) in [4.78, 5) is 22.4. The standard InChI is InChI=1S/C21H22N2O3S/c1-12-4-6-16-17(8-12)27-21-19(16)20(24)22-18(23-21)7-5-13-9-14(25-2)11-15(10-13)26-3/h5,7,9-12H,4,6,8H2,1-3H3,(H,22,23,24)/b7-5+/t12-/m0/s1. The number of methoxy groups -OCH3 is 2. The maximum absolute atomic E-state index is 12.7. The highest BCUT2D eigenvalue weighted by Gasteiger charge is 2.22. The van der Waals surface area contributed by atoms with E-state index in [9.17, 15) is 4.79 Å². The van der Waals surface area contributed by atoms with E-state index in [1.165, 1.54) is 10.4 Å². The van der Waals surface area contributed by atoms with Gasteiger partial charge in [0.15, 0.2) is 0 Å². The minimum Gasteiger partial charge on any atom is -0.497 e. The van der Waals surface area contributed by atoms with Crippen molar-refractivity contribution in [1.82, 2.24) is 9.97 Å². The van der Waals surface area contributed by atoms with Crippen molar-refractivity contribution in [2.75, 3.05) is 14.2 Å². The molecule has 2 aromatic heterocycles. The van der Waals surface area contributed by atoms with E-state index in [4.69, 9.17) is 9.47 Å². The zero-order valence-corrected chi connectivity index (χ0v) is 16.5. The number of ether oxygens (including phenoxy) is 2. The van der Waals surface area contributed by atoms with E-state index >= 15 is 0 Å². The van der Waals surface area contributed by atoms with E-state index in [-0.39, 0.29) is 5.56 Å². The van der Waals surface area contributed by atoms with Crippen molar-refractivity contribution < 1.29 is 9.47 Å². The van der Waals surface area contributed by atoms with Crippen molar-refractivity contribution in [3.05, 3.63) is 50.4 Å². The average Bonchev–Trinajstić information content (AvgIpc) is 3.03. The monoisotopic (exact) mass is 382 g/mol. The summed E-state index contributed by atoms with van der Waals surface area (Å²) in [5, 5.41) is 0.780. The van der Waals surface area contributed by atoms with E-state index in [0.29, 0.717) is 23.2 Å². The van der Waals surface area contributed by atoms with Crippen LogP contribution in [0.15, 0.2) is 23.0 Å². The Kier molecular flexibility index (Phi) is 4.74. The number of benzene rings is 1. The van der Waals surface area contributed by atoms with Gasteiger partial charge < -0.3 is 14.5 Å². The highest BCUT2D eigenvalue weighted by Crippen LogP contribution is 2.35. The average molecular weight is 382 g/mol. The van der Waals surface area contributed by atoms with Crippen LogP contribution in [-0.2, 0) is 12.8 Å². The fourth-order valence-corrected chi connectivity index (χ4v) is 4.94. The first-order valence-corrected chi connectivity index (χ1v) is 9.84. The first-order chi connectivity index (χ1) is 13.1. The smallest absolute Gasteiger partial charge is 0.260 e. The summed E-state index contributed by atoms with van der Waals surface area (Å²) in [5.74, 6) is 2.66. The molecule has 0 radical (unpaired) electrons. The molecule has 0 fully saturated rings. The lowest BCUT2D eigenvalue weighted by atomic mass is 9.89. The molecule has 1 aromatic carbocycles. The number of nitrogens with one attached hydrogen (secondary N) is 1. The Balaban J connectivity index is 1.71. The second kappa shape index (κ2) is 7.19. The van der Waals surface area contributed by atoms with E-state index in [0.717, 1.165) is 35.0 Å². The minimum absolute atomic E-state index is 0.0464. The molecule has 6 heteroatoms. The predicted molar refractivity (Wildman–Crippen MR) is 110 cm³/mol. The van der Waals surface area contributed by atoms with Gasteiger partial charge in [0.25, 0.3) is 5.56 Å². The lowest BCUT2D eigenvalue weighted by Gasteiger charge is -2.17. The molecule has 140 valence electrons. The molecular formula is C21H22N2O3S. The Morgan fingerprint density at radius 1 is 1.19 bits per heavy atom. The number of hydrogen-bond donors (Lipinski definition) is 1. The summed E-state index contributed by atoms with van der Waals surface area (Å²) in [6.07, 6.45) is 6.86. The summed E-state index contributed by atoms with van der Waals surface area (Å²) < 4.78 is 10.6. The molecule has 27 heavy (non-hydrogen) atoms. The number of aromatic nitrogens is 2. The summed E-state index contributed by atoms with van der Waals surface area (Å²) >= 11 is 1.66. The van der Waals surface area contributed by atoms with Gasteiger partial charge in [-0.15, -0.1) is 11.3 Å². The maximum Gasteiger partial charge on any atom is 0.260 e. The summed E-state index contributed by atoms with van der Waals surface area (Å²) in [7, 11) is 3.24. The van der Waals surface area contributed by atoms with Crippen molar-refractivity contribution in [2.24, 2.45) is 5.92 Å². The van der Waals surface area contributed by atoms with Crippen LogP contribution in [0.3, 0.4) is 0 Å². The number of nitrogens with zero attached hydrogens (tertiary/aromatic N) is 1. The number of hydrogen-bond acceptors (Lipinski definition) is 5. The number of thiophene rings is 1. The van der Waals surface area contributed by atoms with Crippen LogP contribution in [0.2, 0.25) is 0 Å². The topological polar surface area (TPSA) is 64.2 Å². The van der Waals surface area contributed by atoms with E-state index < -0.39 is 0 Å². The molecule has 1 aliphatic carbocycles. The Morgan fingerprint density at radius 2 is 1.93 bits per heavy atom. The molecule has 1 aliphatic rings. The second-order valence-corrected chi connectivity index (χ2v) is 8.05. The predicted octanol–water partition coefficient (Wildman–Crippen LogP) is 4.30. The van der Waals surface area contributed by atoms with Gasteiger partial charge >= 0.3 is 0 Å². The quantitative estimate of drug-likeness (QED) is 0.731. The van der Waals surface area contributed by atoms with Gasteiger partial charge in [-0.05, 0) is 54.5 Å². The Morgan fingerprint density at radius 3 is 2.63 bits per heavy atom. The maximum atomic E-state index is 12.7. The van der Waals surface area contributed by atoms with Gasteiger partial charge in [-0.3, -0.25) is 4.79 Å². The van der Waals surface area contributed by atoms with Crippen LogP contribution in [0.1, 0.15) is 35.2 Å². The molecule has 0 amide bonds. The van der Waals surface area contributed by atoms with Crippen molar-refractivity contribution in [3.63, 3.8) is 0 Å². The zero-order valence-electron chi connectivity index (χ0n) is 15.7. The summed E-state index contributed by atoms with van der Waals surface area (Å²) in [5.41, 5.74) is 2.07. The van der Waals surface area contributed by atoms with Gasteiger partial charge in [0.1, 0.15) is 22.2 Å². The summed E-state index contributed by atoms with van der Waals surface area (Å²) in [6.45, 7) is 2.27. The van der Waals surface area contributed by atoms with Gasteiger partial charge in [0, 0.05) is 10.9 Å². The van der Waals surface area contributed by atoms with Gasteiger partial charge in [-0.1, -0.05) is 13.0 Å². The Hall–Kier alpha value is -2.60. The Labute approximate surface area is 161 Å². The molecular weight excluding hydrogens is 360 g/mol. The zero-order chi connectivity index (χ0) is 19.0. The number of aryl methyl sites for hydroxylation is 1. The van der Waals surface area contributed by atoms with Crippen LogP contribution in [0, 0.1) is 5.92 Å². The van der Waals surface area contributed by atoms with Gasteiger partial charge in [-0.2, -0.15) is 0 Å². The van der Waals surface area contributed by atoms with E-state index in [1.807, 2.05) is 30.4 Å². The highest BCUT2D eigenvalue weighted by atomic mass is 32.1. The molecule has 5 nitrogen and oxygen atoms in total. The molecule has 1 N–H and O–H groups in total. The molecule has 1 atom stereocenters. The normalized spacial score (nSPS) is 16.6.